The molecule has 5 nitrogen and oxygen atoms in total. The van der Waals surface area contributed by atoms with E-state index in [1.165, 1.54) is 0 Å². The van der Waals surface area contributed by atoms with Gasteiger partial charge in [-0.3, -0.25) is 4.57 Å². The van der Waals surface area contributed by atoms with Gasteiger partial charge in [-0.25, -0.2) is 4.98 Å². The fourth-order valence-corrected chi connectivity index (χ4v) is 3.47. The quantitative estimate of drug-likeness (QED) is 0.549. The molecule has 28 heavy (non-hydrogen) atoms. The number of hydrogen-bond donors (Lipinski definition) is 1. The number of hydrogen-bond acceptors (Lipinski definition) is 4. The van der Waals surface area contributed by atoms with E-state index in [4.69, 9.17) is 15.2 Å². The van der Waals surface area contributed by atoms with Gasteiger partial charge in [0.25, 0.3) is 0 Å². The largest absolute Gasteiger partial charge is 0.496 e. The van der Waals surface area contributed by atoms with Gasteiger partial charge >= 0.3 is 0 Å². The van der Waals surface area contributed by atoms with E-state index in [1.807, 2.05) is 43.6 Å². The molecular weight excluding hydrogens is 350 g/mol. The average molecular weight is 373 g/mol. The molecule has 2 N–H and O–H groups in total. The zero-order chi connectivity index (χ0) is 19.7. The Labute approximate surface area is 164 Å². The zero-order valence-electron chi connectivity index (χ0n) is 16.2. The average Bonchev–Trinajstić information content (AvgIpc) is 3.16. The Morgan fingerprint density at radius 1 is 0.929 bits per heavy atom. The van der Waals surface area contributed by atoms with Crippen LogP contribution in [0.1, 0.15) is 18.5 Å². The number of nitrogens with zero attached hydrogens (tertiary/aromatic N) is 2. The molecule has 0 saturated carbocycles. The fourth-order valence-electron chi connectivity index (χ4n) is 3.47. The minimum Gasteiger partial charge on any atom is -0.496 e. The number of imidazole rings is 1. The molecule has 0 aliphatic rings. The molecule has 0 radical (unpaired) electrons. The number of nitrogens with two attached hydrogens (primary N) is 1. The molecule has 4 rings (SSSR count). The molecule has 0 fully saturated rings. The molecule has 4 aromatic rings. The van der Waals surface area contributed by atoms with Crippen molar-refractivity contribution in [1.82, 2.24) is 9.55 Å². The Bertz CT molecular complexity index is 1110. The maximum absolute atomic E-state index is 6.00. The topological polar surface area (TPSA) is 62.3 Å². The monoisotopic (exact) mass is 373 g/mol. The summed E-state index contributed by atoms with van der Waals surface area (Å²) in [5.74, 6) is 1.54. The fraction of sp³-hybridized carbons (Fsp3) is 0.174. The van der Waals surface area contributed by atoms with E-state index in [9.17, 15) is 0 Å². The summed E-state index contributed by atoms with van der Waals surface area (Å²) in [5.41, 5.74) is 12.0. The summed E-state index contributed by atoms with van der Waals surface area (Å²) >= 11 is 0. The van der Waals surface area contributed by atoms with Crippen LogP contribution in [0.25, 0.3) is 27.8 Å². The van der Waals surface area contributed by atoms with Crippen molar-refractivity contribution < 1.29 is 9.47 Å². The lowest BCUT2D eigenvalue weighted by atomic mass is 10.0. The SMILES string of the molecule is COc1cccc(OC)c1-c1cccc(-n2cnc3cc([C@H](C)N)ccc32)c1. The third kappa shape index (κ3) is 3.10. The van der Waals surface area contributed by atoms with Gasteiger partial charge in [-0.05, 0) is 54.4 Å². The minimum absolute atomic E-state index is 0.0177. The minimum atomic E-state index is -0.0177. The molecule has 3 aromatic carbocycles. The summed E-state index contributed by atoms with van der Waals surface area (Å²) in [4.78, 5) is 4.57. The highest BCUT2D eigenvalue weighted by atomic mass is 16.5. The van der Waals surface area contributed by atoms with Gasteiger partial charge in [0.05, 0.1) is 30.8 Å². The number of methoxy groups -OCH3 is 2. The zero-order valence-corrected chi connectivity index (χ0v) is 16.2. The predicted octanol–water partition coefficient (Wildman–Crippen LogP) is 4.73. The molecule has 0 amide bonds. The van der Waals surface area contributed by atoms with Crippen LogP contribution in [0.15, 0.2) is 67.0 Å². The maximum atomic E-state index is 6.00. The lowest BCUT2D eigenvalue weighted by Crippen LogP contribution is -2.04. The van der Waals surface area contributed by atoms with Gasteiger partial charge in [-0.2, -0.15) is 0 Å². The number of fused-ring (bicyclic) bond motifs is 1. The standard InChI is InChI=1S/C23H23N3O2/c1-15(24)16-10-11-20-19(13-16)25-14-26(20)18-7-4-6-17(12-18)23-21(27-2)8-5-9-22(23)28-3/h4-15H,24H2,1-3H3/t15-/m0/s1. The Balaban J connectivity index is 1.84. The molecule has 1 aromatic heterocycles. The molecule has 0 saturated heterocycles. The number of ether oxygens (including phenoxy) is 2. The number of rotatable bonds is 5. The van der Waals surface area contributed by atoms with E-state index in [-0.39, 0.29) is 6.04 Å². The van der Waals surface area contributed by atoms with Gasteiger partial charge < -0.3 is 15.2 Å². The van der Waals surface area contributed by atoms with Gasteiger partial charge in [0, 0.05) is 11.7 Å². The Kier molecular flexibility index (Phi) is 4.75. The molecule has 1 heterocycles. The van der Waals surface area contributed by atoms with Crippen molar-refractivity contribution in [3.8, 4) is 28.3 Å². The van der Waals surface area contributed by atoms with Crippen molar-refractivity contribution >= 4 is 11.0 Å². The molecule has 1 atom stereocenters. The first-order valence-corrected chi connectivity index (χ1v) is 9.16. The summed E-state index contributed by atoms with van der Waals surface area (Å²) in [6.45, 7) is 1.97. The normalized spacial score (nSPS) is 12.1. The third-order valence-corrected chi connectivity index (χ3v) is 4.94. The van der Waals surface area contributed by atoms with E-state index >= 15 is 0 Å². The van der Waals surface area contributed by atoms with Gasteiger partial charge in [0.1, 0.15) is 17.8 Å². The Hall–Kier alpha value is -3.31. The van der Waals surface area contributed by atoms with Crippen LogP contribution in [0.2, 0.25) is 0 Å². The van der Waals surface area contributed by atoms with Crippen molar-refractivity contribution in [3.05, 3.63) is 72.6 Å². The van der Waals surface area contributed by atoms with Crippen molar-refractivity contribution in [2.24, 2.45) is 5.73 Å². The van der Waals surface area contributed by atoms with Crippen LogP contribution in [0, 0.1) is 0 Å². The Morgan fingerprint density at radius 3 is 2.32 bits per heavy atom. The van der Waals surface area contributed by atoms with E-state index in [2.05, 4.69) is 39.9 Å². The van der Waals surface area contributed by atoms with E-state index < -0.39 is 0 Å². The molecule has 142 valence electrons. The van der Waals surface area contributed by atoms with Gasteiger partial charge in [-0.1, -0.05) is 24.3 Å². The summed E-state index contributed by atoms with van der Waals surface area (Å²) in [7, 11) is 3.34. The van der Waals surface area contributed by atoms with E-state index in [0.717, 1.165) is 44.9 Å². The van der Waals surface area contributed by atoms with Crippen molar-refractivity contribution in [1.29, 1.82) is 0 Å². The van der Waals surface area contributed by atoms with Crippen molar-refractivity contribution in [2.75, 3.05) is 14.2 Å². The summed E-state index contributed by atoms with van der Waals surface area (Å²) in [5, 5.41) is 0. The lowest BCUT2D eigenvalue weighted by Gasteiger charge is -2.14. The maximum Gasteiger partial charge on any atom is 0.130 e. The number of benzene rings is 3. The first-order chi connectivity index (χ1) is 13.6. The van der Waals surface area contributed by atoms with Crippen LogP contribution in [-0.4, -0.2) is 23.8 Å². The van der Waals surface area contributed by atoms with Crippen LogP contribution in [0.3, 0.4) is 0 Å². The first kappa shape index (κ1) is 18.1. The molecule has 0 unspecified atom stereocenters. The summed E-state index contributed by atoms with van der Waals surface area (Å²) in [6, 6.07) is 20.2. The van der Waals surface area contributed by atoms with Crippen LogP contribution in [0.4, 0.5) is 0 Å². The highest BCUT2D eigenvalue weighted by Gasteiger charge is 2.14. The van der Waals surface area contributed by atoms with Crippen molar-refractivity contribution in [3.63, 3.8) is 0 Å². The first-order valence-electron chi connectivity index (χ1n) is 9.16. The molecule has 0 bridgehead atoms. The predicted molar refractivity (Wildman–Crippen MR) is 112 cm³/mol. The second-order valence-corrected chi connectivity index (χ2v) is 6.74. The Morgan fingerprint density at radius 2 is 1.64 bits per heavy atom. The third-order valence-electron chi connectivity index (χ3n) is 4.94. The molecule has 0 aliphatic heterocycles. The lowest BCUT2D eigenvalue weighted by molar-refractivity contribution is 0.397. The van der Waals surface area contributed by atoms with Crippen LogP contribution >= 0.6 is 0 Å². The molecular formula is C23H23N3O2. The summed E-state index contributed by atoms with van der Waals surface area (Å²) in [6.07, 6.45) is 1.84. The van der Waals surface area contributed by atoms with Gasteiger partial charge in [-0.15, -0.1) is 0 Å². The highest BCUT2D eigenvalue weighted by Crippen LogP contribution is 2.39. The van der Waals surface area contributed by atoms with Crippen LogP contribution in [0.5, 0.6) is 11.5 Å². The second kappa shape index (κ2) is 7.37. The molecule has 0 aliphatic carbocycles. The highest BCUT2D eigenvalue weighted by molar-refractivity contribution is 5.81. The van der Waals surface area contributed by atoms with Gasteiger partial charge in [0.15, 0.2) is 0 Å². The number of aromatic nitrogens is 2. The van der Waals surface area contributed by atoms with Crippen molar-refractivity contribution in [2.45, 2.75) is 13.0 Å². The van der Waals surface area contributed by atoms with E-state index in [0.29, 0.717) is 0 Å². The second-order valence-electron chi connectivity index (χ2n) is 6.74. The smallest absolute Gasteiger partial charge is 0.130 e. The molecule has 0 spiro atoms. The molecule has 5 heteroatoms. The van der Waals surface area contributed by atoms with Crippen LogP contribution in [-0.2, 0) is 0 Å². The van der Waals surface area contributed by atoms with E-state index in [1.54, 1.807) is 14.2 Å². The van der Waals surface area contributed by atoms with Crippen LogP contribution < -0.4 is 15.2 Å². The summed E-state index contributed by atoms with van der Waals surface area (Å²) < 4.78 is 13.2. The van der Waals surface area contributed by atoms with Gasteiger partial charge in [0.2, 0.25) is 0 Å².